The van der Waals surface area contributed by atoms with Crippen molar-refractivity contribution in [2.24, 2.45) is 0 Å². The highest BCUT2D eigenvalue weighted by atomic mass is 35.5. The number of fused-ring (bicyclic) bond motifs is 1. The summed E-state index contributed by atoms with van der Waals surface area (Å²) in [7, 11) is 2.15. The maximum atomic E-state index is 6.15. The second-order valence-electron chi connectivity index (χ2n) is 5.65. The maximum Gasteiger partial charge on any atom is 0.0531 e. The molecule has 1 aromatic carbocycles. The third-order valence-corrected chi connectivity index (χ3v) is 4.09. The van der Waals surface area contributed by atoms with Crippen molar-refractivity contribution in [2.75, 3.05) is 11.9 Å². The van der Waals surface area contributed by atoms with E-state index in [4.69, 9.17) is 11.6 Å². The van der Waals surface area contributed by atoms with Crippen LogP contribution in [-0.2, 0) is 0 Å². The van der Waals surface area contributed by atoms with Crippen LogP contribution in [-0.4, -0.2) is 12.6 Å². The number of allylic oxidation sites excluding steroid dienone is 1. The van der Waals surface area contributed by atoms with Crippen LogP contribution in [0.5, 0.6) is 0 Å². The first-order valence-electron chi connectivity index (χ1n) is 6.71. The summed E-state index contributed by atoms with van der Waals surface area (Å²) < 4.78 is 0. The van der Waals surface area contributed by atoms with Crippen LogP contribution >= 0.6 is 11.6 Å². The number of benzene rings is 1. The number of unbranched alkanes of at least 4 members (excludes halogenated alkanes) is 1. The van der Waals surface area contributed by atoms with Crippen molar-refractivity contribution in [2.45, 2.75) is 45.6 Å². The van der Waals surface area contributed by atoms with Crippen molar-refractivity contribution in [1.29, 1.82) is 0 Å². The first-order chi connectivity index (χ1) is 8.45. The highest BCUT2D eigenvalue weighted by Crippen LogP contribution is 2.40. The molecular formula is C16H22ClN. The minimum atomic E-state index is 0.0733. The average molecular weight is 264 g/mol. The first kappa shape index (κ1) is 13.5. The predicted molar refractivity (Wildman–Crippen MR) is 81.4 cm³/mol. The Labute approximate surface area is 115 Å². The highest BCUT2D eigenvalue weighted by Gasteiger charge is 2.29. The zero-order valence-corrected chi connectivity index (χ0v) is 12.5. The number of rotatable bonds is 3. The van der Waals surface area contributed by atoms with Gasteiger partial charge in [-0.15, -0.1) is 0 Å². The van der Waals surface area contributed by atoms with Gasteiger partial charge in [0.15, 0.2) is 0 Å². The first-order valence-corrected chi connectivity index (χ1v) is 7.09. The van der Waals surface area contributed by atoms with Crippen LogP contribution in [0.1, 0.15) is 45.6 Å². The van der Waals surface area contributed by atoms with Gasteiger partial charge in [0.1, 0.15) is 0 Å². The molecule has 1 aliphatic heterocycles. The van der Waals surface area contributed by atoms with E-state index in [1.165, 1.54) is 29.7 Å². The van der Waals surface area contributed by atoms with Crippen LogP contribution in [0.2, 0.25) is 5.02 Å². The molecule has 0 aliphatic carbocycles. The third-order valence-electron chi connectivity index (χ3n) is 3.86. The molecule has 0 saturated heterocycles. The van der Waals surface area contributed by atoms with Gasteiger partial charge in [0.25, 0.3) is 0 Å². The van der Waals surface area contributed by atoms with Gasteiger partial charge in [-0.1, -0.05) is 31.0 Å². The Balaban J connectivity index is 2.48. The fourth-order valence-corrected chi connectivity index (χ4v) is 2.72. The van der Waals surface area contributed by atoms with E-state index in [1.54, 1.807) is 0 Å². The van der Waals surface area contributed by atoms with E-state index in [9.17, 15) is 0 Å². The molecule has 1 nitrogen and oxygen atoms in total. The normalized spacial score (nSPS) is 17.4. The number of nitrogens with zero attached hydrogens (tertiary/aromatic N) is 1. The van der Waals surface area contributed by atoms with Gasteiger partial charge in [-0.2, -0.15) is 0 Å². The molecule has 1 heterocycles. The third kappa shape index (κ3) is 2.42. The maximum absolute atomic E-state index is 6.15. The second-order valence-corrected chi connectivity index (χ2v) is 6.08. The van der Waals surface area contributed by atoms with E-state index >= 15 is 0 Å². The fourth-order valence-electron chi connectivity index (χ4n) is 2.54. The van der Waals surface area contributed by atoms with Gasteiger partial charge >= 0.3 is 0 Å². The van der Waals surface area contributed by atoms with Crippen molar-refractivity contribution >= 4 is 22.9 Å². The van der Waals surface area contributed by atoms with E-state index in [2.05, 4.69) is 50.9 Å². The van der Waals surface area contributed by atoms with E-state index in [0.717, 1.165) is 11.4 Å². The largest absolute Gasteiger partial charge is 0.366 e. The van der Waals surface area contributed by atoms with E-state index < -0.39 is 0 Å². The zero-order valence-electron chi connectivity index (χ0n) is 11.8. The SMILES string of the molecule is CCCCC1=CC(C)(C)N(C)c2ccc(Cl)cc21. The van der Waals surface area contributed by atoms with Crippen molar-refractivity contribution in [1.82, 2.24) is 0 Å². The lowest BCUT2D eigenvalue weighted by Gasteiger charge is -2.41. The number of anilines is 1. The summed E-state index contributed by atoms with van der Waals surface area (Å²) in [5.41, 5.74) is 4.11. The van der Waals surface area contributed by atoms with Crippen LogP contribution in [0, 0.1) is 0 Å². The standard InChI is InChI=1S/C16H22ClN/c1-5-6-7-12-11-16(2,3)18(4)15-9-8-13(17)10-14(12)15/h8-11H,5-7H2,1-4H3. The monoisotopic (exact) mass is 263 g/mol. The molecule has 0 atom stereocenters. The summed E-state index contributed by atoms with van der Waals surface area (Å²) in [6, 6.07) is 6.22. The van der Waals surface area contributed by atoms with Gasteiger partial charge in [-0.3, -0.25) is 0 Å². The molecule has 98 valence electrons. The molecule has 0 radical (unpaired) electrons. The molecule has 2 rings (SSSR count). The molecule has 18 heavy (non-hydrogen) atoms. The Kier molecular flexibility index (Phi) is 3.72. The highest BCUT2D eigenvalue weighted by molar-refractivity contribution is 6.30. The van der Waals surface area contributed by atoms with Crippen molar-refractivity contribution in [3.05, 3.63) is 34.9 Å². The number of hydrogen-bond donors (Lipinski definition) is 0. The molecule has 0 aromatic heterocycles. The Morgan fingerprint density at radius 1 is 1.28 bits per heavy atom. The Morgan fingerprint density at radius 3 is 2.67 bits per heavy atom. The van der Waals surface area contributed by atoms with Gasteiger partial charge in [0.2, 0.25) is 0 Å². The molecule has 1 aliphatic rings. The molecule has 0 spiro atoms. The summed E-state index contributed by atoms with van der Waals surface area (Å²) in [5, 5.41) is 0.823. The van der Waals surface area contributed by atoms with E-state index in [-0.39, 0.29) is 5.54 Å². The van der Waals surface area contributed by atoms with Gasteiger partial charge < -0.3 is 4.90 Å². The summed E-state index contributed by atoms with van der Waals surface area (Å²) in [6.07, 6.45) is 5.99. The summed E-state index contributed by atoms with van der Waals surface area (Å²) in [4.78, 5) is 2.33. The van der Waals surface area contributed by atoms with Gasteiger partial charge in [0, 0.05) is 23.3 Å². The topological polar surface area (TPSA) is 3.24 Å². The molecule has 0 saturated carbocycles. The predicted octanol–water partition coefficient (Wildman–Crippen LogP) is 5.14. The number of likely N-dealkylation sites (N-methyl/N-ethyl adjacent to an activating group) is 1. The molecule has 0 N–H and O–H groups in total. The van der Waals surface area contributed by atoms with Crippen LogP contribution in [0.15, 0.2) is 24.3 Å². The summed E-state index contributed by atoms with van der Waals surface area (Å²) >= 11 is 6.15. The van der Waals surface area contributed by atoms with Crippen LogP contribution in [0.4, 0.5) is 5.69 Å². The molecule has 0 fully saturated rings. The Morgan fingerprint density at radius 2 is 2.00 bits per heavy atom. The molecule has 0 bridgehead atoms. The average Bonchev–Trinajstić information content (AvgIpc) is 2.32. The molecule has 0 amide bonds. The summed E-state index contributed by atoms with van der Waals surface area (Å²) in [5.74, 6) is 0. The van der Waals surface area contributed by atoms with E-state index in [0.29, 0.717) is 0 Å². The zero-order chi connectivity index (χ0) is 13.3. The van der Waals surface area contributed by atoms with E-state index in [1.807, 2.05) is 6.07 Å². The fraction of sp³-hybridized carbons (Fsp3) is 0.500. The van der Waals surface area contributed by atoms with Crippen molar-refractivity contribution < 1.29 is 0 Å². The minimum Gasteiger partial charge on any atom is -0.366 e. The van der Waals surface area contributed by atoms with Crippen LogP contribution in [0.25, 0.3) is 5.57 Å². The smallest absolute Gasteiger partial charge is 0.0531 e. The molecule has 1 aromatic rings. The Hall–Kier alpha value is -0.950. The number of halogens is 1. The lowest BCUT2D eigenvalue weighted by molar-refractivity contribution is 0.595. The van der Waals surface area contributed by atoms with Crippen molar-refractivity contribution in [3.63, 3.8) is 0 Å². The molecule has 2 heteroatoms. The second kappa shape index (κ2) is 4.97. The van der Waals surface area contributed by atoms with Crippen molar-refractivity contribution in [3.8, 4) is 0 Å². The lowest BCUT2D eigenvalue weighted by Crippen LogP contribution is -2.42. The molecular weight excluding hydrogens is 242 g/mol. The van der Waals surface area contributed by atoms with Gasteiger partial charge in [-0.25, -0.2) is 0 Å². The van der Waals surface area contributed by atoms with Gasteiger partial charge in [0.05, 0.1) is 5.54 Å². The molecule has 0 unspecified atom stereocenters. The number of hydrogen-bond acceptors (Lipinski definition) is 1. The summed E-state index contributed by atoms with van der Waals surface area (Å²) in [6.45, 7) is 6.76. The van der Waals surface area contributed by atoms with Crippen LogP contribution in [0.3, 0.4) is 0 Å². The lowest BCUT2D eigenvalue weighted by atomic mass is 9.86. The quantitative estimate of drug-likeness (QED) is 0.730. The Bertz CT molecular complexity index is 474. The minimum absolute atomic E-state index is 0.0733. The van der Waals surface area contributed by atoms with Gasteiger partial charge in [-0.05, 0) is 50.5 Å². The van der Waals surface area contributed by atoms with Crippen LogP contribution < -0.4 is 4.90 Å².